The van der Waals surface area contributed by atoms with Crippen molar-refractivity contribution in [2.24, 2.45) is 0 Å². The van der Waals surface area contributed by atoms with E-state index in [1.54, 1.807) is 12.4 Å². The maximum absolute atomic E-state index is 5.36. The van der Waals surface area contributed by atoms with E-state index in [0.29, 0.717) is 0 Å². The van der Waals surface area contributed by atoms with E-state index in [1.165, 1.54) is 5.39 Å². The Kier molecular flexibility index (Phi) is 6.81. The van der Waals surface area contributed by atoms with Crippen molar-refractivity contribution in [1.82, 2.24) is 9.97 Å². The van der Waals surface area contributed by atoms with Gasteiger partial charge in [-0.1, -0.05) is 48.5 Å². The van der Waals surface area contributed by atoms with E-state index in [9.17, 15) is 0 Å². The Labute approximate surface area is 136 Å². The van der Waals surface area contributed by atoms with Crippen LogP contribution in [0.5, 0.6) is 0 Å². The third kappa shape index (κ3) is 6.40. The molecular formula is C20H19N3. The third-order valence-electron chi connectivity index (χ3n) is 2.88. The van der Waals surface area contributed by atoms with Gasteiger partial charge in [-0.25, -0.2) is 0 Å². The van der Waals surface area contributed by atoms with Gasteiger partial charge in [0.05, 0.1) is 5.52 Å². The van der Waals surface area contributed by atoms with Crippen LogP contribution in [-0.4, -0.2) is 9.97 Å². The van der Waals surface area contributed by atoms with Crippen molar-refractivity contribution in [3.63, 3.8) is 0 Å². The average Bonchev–Trinajstić information content (AvgIpc) is 2.65. The van der Waals surface area contributed by atoms with Gasteiger partial charge in [-0.15, -0.1) is 0 Å². The molecule has 0 unspecified atom stereocenters. The second-order valence-corrected chi connectivity index (χ2v) is 4.63. The van der Waals surface area contributed by atoms with Crippen LogP contribution in [0, 0.1) is 0 Å². The van der Waals surface area contributed by atoms with Crippen LogP contribution in [-0.2, 0) is 0 Å². The van der Waals surface area contributed by atoms with Gasteiger partial charge in [-0.2, -0.15) is 0 Å². The maximum Gasteiger partial charge on any atom is 0.0701 e. The number of nitrogens with zero attached hydrogens (tertiary/aromatic N) is 2. The monoisotopic (exact) mass is 301 g/mol. The van der Waals surface area contributed by atoms with E-state index in [2.05, 4.69) is 22.1 Å². The van der Waals surface area contributed by atoms with E-state index in [0.717, 1.165) is 11.2 Å². The molecule has 23 heavy (non-hydrogen) atoms. The first-order chi connectivity index (χ1) is 11.4. The number of benzene rings is 2. The van der Waals surface area contributed by atoms with Gasteiger partial charge in [0.1, 0.15) is 0 Å². The van der Waals surface area contributed by atoms with Gasteiger partial charge >= 0.3 is 0 Å². The topological polar surface area (TPSA) is 51.8 Å². The van der Waals surface area contributed by atoms with E-state index in [-0.39, 0.29) is 0 Å². The number of nitrogen functional groups attached to an aromatic ring is 1. The molecule has 0 amide bonds. The van der Waals surface area contributed by atoms with E-state index in [1.807, 2.05) is 79.0 Å². The van der Waals surface area contributed by atoms with Crippen molar-refractivity contribution in [3.05, 3.63) is 104 Å². The number of aromatic nitrogens is 2. The van der Waals surface area contributed by atoms with Gasteiger partial charge in [0.25, 0.3) is 0 Å². The molecule has 2 aromatic carbocycles. The molecule has 0 radical (unpaired) electrons. The number of anilines is 1. The summed E-state index contributed by atoms with van der Waals surface area (Å²) in [6, 6.07) is 27.3. The molecule has 4 aromatic rings. The van der Waals surface area contributed by atoms with E-state index in [4.69, 9.17) is 5.73 Å². The molecule has 0 aliphatic rings. The normalized spacial score (nSPS) is 9.04. The van der Waals surface area contributed by atoms with Crippen LogP contribution in [0.4, 0.5) is 5.69 Å². The molecule has 0 atom stereocenters. The first-order valence-corrected chi connectivity index (χ1v) is 7.31. The summed E-state index contributed by atoms with van der Waals surface area (Å²) in [4.78, 5) is 7.97. The number of hydrogen-bond donors (Lipinski definition) is 1. The first kappa shape index (κ1) is 16.2. The highest BCUT2D eigenvalue weighted by atomic mass is 14.6. The second kappa shape index (κ2) is 9.68. The van der Waals surface area contributed by atoms with Gasteiger partial charge in [-0.3, -0.25) is 9.97 Å². The summed E-state index contributed by atoms with van der Waals surface area (Å²) in [5.41, 5.74) is 7.24. The Bertz CT molecular complexity index is 695. The zero-order valence-corrected chi connectivity index (χ0v) is 12.8. The van der Waals surface area contributed by atoms with Crippen LogP contribution in [0.3, 0.4) is 0 Å². The number of hydrogen-bond acceptors (Lipinski definition) is 3. The fourth-order valence-electron chi connectivity index (χ4n) is 1.78. The summed E-state index contributed by atoms with van der Waals surface area (Å²) in [6.45, 7) is 0. The Morgan fingerprint density at radius 1 is 0.565 bits per heavy atom. The Hall–Kier alpha value is -3.20. The van der Waals surface area contributed by atoms with Gasteiger partial charge in [0, 0.05) is 29.7 Å². The SMILES string of the molecule is Nc1ccccc1.c1ccc2ncccc2c1.c1ccncc1. The second-order valence-electron chi connectivity index (χ2n) is 4.63. The van der Waals surface area contributed by atoms with Crippen LogP contribution in [0.1, 0.15) is 0 Å². The number of pyridine rings is 2. The smallest absolute Gasteiger partial charge is 0.0701 e. The first-order valence-electron chi connectivity index (χ1n) is 7.31. The lowest BCUT2D eigenvalue weighted by Crippen LogP contribution is -1.79. The fourth-order valence-corrected chi connectivity index (χ4v) is 1.78. The molecule has 4 rings (SSSR count). The maximum atomic E-state index is 5.36. The Morgan fingerprint density at radius 2 is 1.17 bits per heavy atom. The highest BCUT2D eigenvalue weighted by Gasteiger charge is 1.86. The van der Waals surface area contributed by atoms with Crippen LogP contribution < -0.4 is 5.73 Å². The van der Waals surface area contributed by atoms with Crippen molar-refractivity contribution < 1.29 is 0 Å². The number of rotatable bonds is 0. The van der Waals surface area contributed by atoms with Gasteiger partial charge in [-0.05, 0) is 36.4 Å². The molecular weight excluding hydrogens is 282 g/mol. The minimum absolute atomic E-state index is 0.822. The summed E-state index contributed by atoms with van der Waals surface area (Å²) in [5.74, 6) is 0. The molecule has 2 N–H and O–H groups in total. The van der Waals surface area contributed by atoms with Crippen LogP contribution in [0.2, 0.25) is 0 Å². The molecule has 114 valence electrons. The largest absolute Gasteiger partial charge is 0.399 e. The Morgan fingerprint density at radius 3 is 1.70 bits per heavy atom. The molecule has 0 saturated carbocycles. The molecule has 0 saturated heterocycles. The summed E-state index contributed by atoms with van der Waals surface area (Å²) >= 11 is 0. The lowest BCUT2D eigenvalue weighted by Gasteiger charge is -1.91. The van der Waals surface area contributed by atoms with Crippen molar-refractivity contribution in [1.29, 1.82) is 0 Å². The van der Waals surface area contributed by atoms with Crippen molar-refractivity contribution in [2.75, 3.05) is 5.73 Å². The number of para-hydroxylation sites is 2. The van der Waals surface area contributed by atoms with E-state index >= 15 is 0 Å². The molecule has 3 nitrogen and oxygen atoms in total. The van der Waals surface area contributed by atoms with Crippen molar-refractivity contribution in [2.45, 2.75) is 0 Å². The fraction of sp³-hybridized carbons (Fsp3) is 0. The molecule has 0 fully saturated rings. The molecule has 0 aliphatic carbocycles. The zero-order chi connectivity index (χ0) is 16.2. The zero-order valence-electron chi connectivity index (χ0n) is 12.8. The minimum Gasteiger partial charge on any atom is -0.399 e. The van der Waals surface area contributed by atoms with Crippen molar-refractivity contribution >= 4 is 16.6 Å². The van der Waals surface area contributed by atoms with Crippen molar-refractivity contribution in [3.8, 4) is 0 Å². The minimum atomic E-state index is 0.822. The predicted molar refractivity (Wildman–Crippen MR) is 96.8 cm³/mol. The van der Waals surface area contributed by atoms with Gasteiger partial charge in [0.15, 0.2) is 0 Å². The summed E-state index contributed by atoms with van der Waals surface area (Å²) in [6.07, 6.45) is 5.31. The molecule has 3 heteroatoms. The summed E-state index contributed by atoms with van der Waals surface area (Å²) in [7, 11) is 0. The van der Waals surface area contributed by atoms with E-state index < -0.39 is 0 Å². The standard InChI is InChI=1S/C9H7N.C6H7N.C5H5N/c1-2-6-9-8(4-1)5-3-7-10-9;7-6-4-2-1-3-5-6;1-2-4-6-5-3-1/h1-7H;1-5H,7H2;1-5H. The summed E-state index contributed by atoms with van der Waals surface area (Å²) in [5, 5.41) is 1.20. The van der Waals surface area contributed by atoms with Crippen LogP contribution in [0.25, 0.3) is 10.9 Å². The highest BCUT2D eigenvalue weighted by molar-refractivity contribution is 5.77. The Balaban J connectivity index is 0.000000131. The molecule has 2 heterocycles. The quantitative estimate of drug-likeness (QED) is 0.483. The highest BCUT2D eigenvalue weighted by Crippen LogP contribution is 2.07. The van der Waals surface area contributed by atoms with Crippen LogP contribution in [0.15, 0.2) is 104 Å². The lowest BCUT2D eigenvalue weighted by molar-refractivity contribution is 1.33. The summed E-state index contributed by atoms with van der Waals surface area (Å²) < 4.78 is 0. The molecule has 0 aliphatic heterocycles. The van der Waals surface area contributed by atoms with Gasteiger partial charge < -0.3 is 5.73 Å². The lowest BCUT2D eigenvalue weighted by atomic mass is 10.2. The average molecular weight is 301 g/mol. The molecule has 0 bridgehead atoms. The predicted octanol–water partition coefficient (Wildman–Crippen LogP) is 4.59. The third-order valence-corrected chi connectivity index (χ3v) is 2.88. The molecule has 2 aromatic heterocycles. The van der Waals surface area contributed by atoms with Crippen LogP contribution >= 0.6 is 0 Å². The molecule has 0 spiro atoms. The number of fused-ring (bicyclic) bond motifs is 1. The van der Waals surface area contributed by atoms with Gasteiger partial charge in [0.2, 0.25) is 0 Å². The number of nitrogens with two attached hydrogens (primary N) is 1.